The van der Waals surface area contributed by atoms with Gasteiger partial charge in [-0.1, -0.05) is 177 Å². The predicted octanol–water partition coefficient (Wildman–Crippen LogP) is 15.0. The summed E-state index contributed by atoms with van der Waals surface area (Å²) in [6.45, 7) is 4.81. The van der Waals surface area contributed by atoms with Crippen LogP contribution in [0.3, 0.4) is 0 Å². The number of allylic oxidation sites excluding steroid dienone is 15. The van der Waals surface area contributed by atoms with Crippen LogP contribution in [0.4, 0.5) is 0 Å². The van der Waals surface area contributed by atoms with E-state index in [-0.39, 0.29) is 10.8 Å². The van der Waals surface area contributed by atoms with E-state index in [1.165, 1.54) is 107 Å². The van der Waals surface area contributed by atoms with E-state index in [1.807, 2.05) is 16.7 Å². The van der Waals surface area contributed by atoms with Crippen LogP contribution in [0.1, 0.15) is 121 Å². The lowest BCUT2D eigenvalue weighted by Gasteiger charge is -2.54. The molecule has 10 aliphatic carbocycles. The highest BCUT2D eigenvalue weighted by Gasteiger charge is 2.64. The lowest BCUT2D eigenvalue weighted by molar-refractivity contribution is 0.00868. The van der Waals surface area contributed by atoms with E-state index in [0.717, 1.165) is 18.3 Å². The Labute approximate surface area is 380 Å². The average Bonchev–Trinajstić information content (AvgIpc) is 3.81. The van der Waals surface area contributed by atoms with Crippen molar-refractivity contribution in [3.05, 3.63) is 179 Å². The van der Waals surface area contributed by atoms with E-state index in [9.17, 15) is 0 Å². The molecule has 0 spiro atoms. The second-order valence-electron chi connectivity index (χ2n) is 22.3. The lowest BCUT2D eigenvalue weighted by atomic mass is 9.51. The third kappa shape index (κ3) is 6.38. The zero-order chi connectivity index (χ0) is 42.1. The van der Waals surface area contributed by atoms with Gasteiger partial charge in [0.2, 0.25) is 0 Å². The minimum Gasteiger partial charge on any atom is -0.290 e. The average molecular weight is 832 g/mol. The van der Waals surface area contributed by atoms with Gasteiger partial charge in [-0.3, -0.25) is 4.90 Å². The van der Waals surface area contributed by atoms with E-state index in [2.05, 4.69) is 164 Å². The predicted molar refractivity (Wildman–Crippen MR) is 263 cm³/mol. The van der Waals surface area contributed by atoms with Crippen molar-refractivity contribution >= 4 is 0 Å². The van der Waals surface area contributed by atoms with Crippen LogP contribution in [-0.2, 0) is 5.41 Å². The molecule has 0 N–H and O–H groups in total. The first-order valence-electron chi connectivity index (χ1n) is 26.1. The minimum atomic E-state index is -0.0467. The van der Waals surface area contributed by atoms with Crippen molar-refractivity contribution in [2.45, 2.75) is 134 Å². The van der Waals surface area contributed by atoms with E-state index in [4.69, 9.17) is 0 Å². The molecule has 14 atom stereocenters. The van der Waals surface area contributed by atoms with Crippen molar-refractivity contribution in [1.82, 2.24) is 4.90 Å². The lowest BCUT2D eigenvalue weighted by Crippen LogP contribution is -2.55. The maximum atomic E-state index is 3.21. The summed E-state index contributed by atoms with van der Waals surface area (Å²) < 4.78 is 0. The molecule has 3 saturated carbocycles. The van der Waals surface area contributed by atoms with E-state index < -0.39 is 0 Å². The molecule has 63 heavy (non-hydrogen) atoms. The third-order valence-electron chi connectivity index (χ3n) is 19.7. The van der Waals surface area contributed by atoms with Crippen molar-refractivity contribution in [2.24, 2.45) is 64.6 Å². The number of rotatable bonds is 7. The number of fused-ring (bicyclic) bond motifs is 7. The highest BCUT2D eigenvalue weighted by molar-refractivity contribution is 5.56. The maximum Gasteiger partial charge on any atom is 0.0321 e. The van der Waals surface area contributed by atoms with Crippen molar-refractivity contribution in [2.75, 3.05) is 0 Å². The fourth-order valence-electron chi connectivity index (χ4n) is 17.4. The van der Waals surface area contributed by atoms with E-state index in [0.29, 0.717) is 65.5 Å². The van der Waals surface area contributed by atoms with Crippen molar-refractivity contribution in [1.29, 1.82) is 0 Å². The van der Waals surface area contributed by atoms with Gasteiger partial charge in [-0.05, 0) is 172 Å². The first-order valence-corrected chi connectivity index (χ1v) is 26.1. The van der Waals surface area contributed by atoms with Crippen LogP contribution in [0.5, 0.6) is 0 Å². The molecule has 326 valence electrons. The van der Waals surface area contributed by atoms with Gasteiger partial charge in [-0.25, -0.2) is 0 Å². The number of hydrogen-bond donors (Lipinski definition) is 0. The van der Waals surface area contributed by atoms with E-state index in [1.54, 1.807) is 0 Å². The molecule has 1 nitrogen and oxygen atoms in total. The number of benzene rings is 2. The molecule has 0 amide bonds. The molecule has 0 aliphatic heterocycles. The maximum absolute atomic E-state index is 3.21. The van der Waals surface area contributed by atoms with Gasteiger partial charge in [0, 0.05) is 29.0 Å². The third-order valence-corrected chi connectivity index (χ3v) is 19.7. The van der Waals surface area contributed by atoms with Gasteiger partial charge in [0.05, 0.1) is 0 Å². The van der Waals surface area contributed by atoms with Crippen LogP contribution in [-0.4, -0.2) is 23.0 Å². The largest absolute Gasteiger partial charge is 0.290 e. The van der Waals surface area contributed by atoms with E-state index >= 15 is 0 Å². The molecule has 0 bridgehead atoms. The quantitative estimate of drug-likeness (QED) is 0.251. The van der Waals surface area contributed by atoms with Crippen LogP contribution in [0.15, 0.2) is 168 Å². The van der Waals surface area contributed by atoms with Crippen LogP contribution in [0, 0.1) is 64.6 Å². The molecule has 2 aromatic rings. The fourth-order valence-corrected chi connectivity index (χ4v) is 17.4. The first-order chi connectivity index (χ1) is 31.1. The van der Waals surface area contributed by atoms with Gasteiger partial charge >= 0.3 is 0 Å². The Bertz CT molecular complexity index is 2270. The van der Waals surface area contributed by atoms with Crippen LogP contribution in [0.2, 0.25) is 0 Å². The van der Waals surface area contributed by atoms with Gasteiger partial charge in [-0.2, -0.15) is 0 Å². The zero-order valence-corrected chi connectivity index (χ0v) is 38.4. The van der Waals surface area contributed by atoms with Crippen molar-refractivity contribution in [3.63, 3.8) is 0 Å². The summed E-state index contributed by atoms with van der Waals surface area (Å²) in [4.78, 5) is 3.21. The molecule has 1 heteroatoms. The molecule has 10 aliphatic rings. The Morgan fingerprint density at radius 3 is 2.17 bits per heavy atom. The molecule has 2 aromatic carbocycles. The molecule has 0 aromatic heterocycles. The normalized spacial score (nSPS) is 40.8. The molecule has 12 rings (SSSR count). The molecule has 0 heterocycles. The highest BCUT2D eigenvalue weighted by atomic mass is 15.2. The fraction of sp³-hybridized carbons (Fsp3) is 0.516. The van der Waals surface area contributed by atoms with Gasteiger partial charge < -0.3 is 0 Å². The first kappa shape index (κ1) is 40.6. The Kier molecular flexibility index (Phi) is 10.6. The summed E-state index contributed by atoms with van der Waals surface area (Å²) in [5.41, 5.74) is 10.4. The Morgan fingerprint density at radius 1 is 0.635 bits per heavy atom. The molecule has 3 fully saturated rings. The zero-order valence-electron chi connectivity index (χ0n) is 38.4. The van der Waals surface area contributed by atoms with Crippen LogP contribution in [0.25, 0.3) is 0 Å². The highest BCUT2D eigenvalue weighted by Crippen LogP contribution is 2.70. The van der Waals surface area contributed by atoms with Crippen molar-refractivity contribution in [3.8, 4) is 0 Å². The Balaban J connectivity index is 0.976. The summed E-state index contributed by atoms with van der Waals surface area (Å²) >= 11 is 0. The number of nitrogens with zero attached hydrogens (tertiary/aromatic N) is 1. The summed E-state index contributed by atoms with van der Waals surface area (Å²) in [5.74, 6) is 6.50. The molecular formula is C62H73N. The van der Waals surface area contributed by atoms with Crippen molar-refractivity contribution < 1.29 is 0 Å². The molecule has 14 unspecified atom stereocenters. The molecule has 0 saturated heterocycles. The summed E-state index contributed by atoms with van der Waals surface area (Å²) in [5, 5.41) is 0. The van der Waals surface area contributed by atoms with Gasteiger partial charge in [0.25, 0.3) is 0 Å². The topological polar surface area (TPSA) is 3.24 Å². The molecular weight excluding hydrogens is 759 g/mol. The van der Waals surface area contributed by atoms with Crippen LogP contribution >= 0.6 is 0 Å². The minimum absolute atomic E-state index is 0.0467. The summed E-state index contributed by atoms with van der Waals surface area (Å²) in [6.07, 6.45) is 56.1. The smallest absolute Gasteiger partial charge is 0.0321 e. The van der Waals surface area contributed by atoms with Gasteiger partial charge in [0.1, 0.15) is 0 Å². The Hall–Kier alpha value is -3.94. The summed E-state index contributed by atoms with van der Waals surface area (Å²) in [6, 6.07) is 25.3. The van der Waals surface area contributed by atoms with Gasteiger partial charge in [-0.15, -0.1) is 0 Å². The standard InChI is InChI=1S/C62H73N/c1-42-26-31-47(32-27-42)62(48-33-28-43(2)29-34-48)57-39-30-44-16-12-13-23-52(44)60(57)55-38-36-51(41-59(55)62)63(49-21-10-5-11-22-49)50-35-37-54-53-24-14-15-25-56(53)61(58(54)40-50,45-17-6-3-7-18-45)46-19-8-4-9-20-46/h3-11,14-15,17-21,24-28,31,33,38,43-44,47-54,56,58-59H,12-13,16,22-23,29-30,32,34-37,39-41H2,1-2H3. The Morgan fingerprint density at radius 2 is 1.43 bits per heavy atom. The summed E-state index contributed by atoms with van der Waals surface area (Å²) in [7, 11) is 0. The monoisotopic (exact) mass is 832 g/mol. The molecule has 0 radical (unpaired) electrons. The SMILES string of the molecule is CC1=CCC(C2(C3C=CC(C)CC3)C3=C(C4=CCC(N(C5C=CC=CC5)C5CCC6C7C=CC=CC7C(c7ccccc7)(c7ccccc7)C6C5)CC42)C2CCCCC2CC3)C=C1. The van der Waals surface area contributed by atoms with Gasteiger partial charge in [0.15, 0.2) is 0 Å². The second-order valence-corrected chi connectivity index (χ2v) is 22.3. The second kappa shape index (κ2) is 16.5. The van der Waals surface area contributed by atoms with Crippen LogP contribution < -0.4 is 0 Å². The number of hydrogen-bond acceptors (Lipinski definition) is 1.